The van der Waals surface area contributed by atoms with E-state index < -0.39 is 5.91 Å². The Kier molecular flexibility index (Phi) is 6.17. The maximum Gasteiger partial charge on any atom is 0.248 e. The summed E-state index contributed by atoms with van der Waals surface area (Å²) >= 11 is 1.81. The zero-order valence-corrected chi connectivity index (χ0v) is 14.2. The number of hydrogen-bond acceptors (Lipinski definition) is 3. The first-order valence-electron chi connectivity index (χ1n) is 7.53. The summed E-state index contributed by atoms with van der Waals surface area (Å²) in [5.74, 6) is 0.305. The van der Waals surface area contributed by atoms with Crippen LogP contribution in [0.15, 0.2) is 41.4 Å². The molecule has 0 spiro atoms. The molecular formula is C17H22N4OS. The van der Waals surface area contributed by atoms with E-state index in [1.165, 1.54) is 9.75 Å². The summed E-state index contributed by atoms with van der Waals surface area (Å²) in [6.07, 6.45) is 1.06. The number of guanidine groups is 1. The number of rotatable bonds is 6. The minimum absolute atomic E-state index is 0.418. The number of aryl methyl sites for hydroxylation is 1. The fourth-order valence-electron chi connectivity index (χ4n) is 2.12. The number of hydrogen-bond donors (Lipinski definition) is 3. The lowest BCUT2D eigenvalue weighted by molar-refractivity contribution is 0.1000. The summed E-state index contributed by atoms with van der Waals surface area (Å²) in [6.45, 7) is 3.47. The van der Waals surface area contributed by atoms with E-state index in [0.717, 1.165) is 24.5 Å². The second kappa shape index (κ2) is 8.33. The Morgan fingerprint density at radius 1 is 1.17 bits per heavy atom. The van der Waals surface area contributed by atoms with Gasteiger partial charge in [0.25, 0.3) is 0 Å². The van der Waals surface area contributed by atoms with E-state index >= 15 is 0 Å². The minimum atomic E-state index is -0.418. The van der Waals surface area contributed by atoms with E-state index in [9.17, 15) is 4.79 Å². The third kappa shape index (κ3) is 5.10. The van der Waals surface area contributed by atoms with Gasteiger partial charge in [-0.25, -0.2) is 0 Å². The van der Waals surface area contributed by atoms with Gasteiger partial charge < -0.3 is 16.4 Å². The maximum absolute atomic E-state index is 11.2. The Bertz CT molecular complexity index is 693. The molecule has 0 atom stereocenters. The first-order chi connectivity index (χ1) is 11.1. The van der Waals surface area contributed by atoms with Gasteiger partial charge in [0.1, 0.15) is 0 Å². The number of thiophene rings is 1. The maximum atomic E-state index is 11.2. The molecule has 0 fully saturated rings. The number of benzene rings is 1. The molecule has 1 aromatic heterocycles. The second-order valence-corrected chi connectivity index (χ2v) is 6.32. The van der Waals surface area contributed by atoms with E-state index in [1.807, 2.05) is 23.5 Å². The summed E-state index contributed by atoms with van der Waals surface area (Å²) in [7, 11) is 1.74. The van der Waals surface area contributed by atoms with Gasteiger partial charge in [0.2, 0.25) is 5.91 Å². The lowest BCUT2D eigenvalue weighted by Crippen LogP contribution is -2.36. The number of nitrogens with two attached hydrogens (primary N) is 1. The van der Waals surface area contributed by atoms with E-state index in [1.54, 1.807) is 19.2 Å². The van der Waals surface area contributed by atoms with Crippen molar-refractivity contribution in [2.45, 2.75) is 26.4 Å². The van der Waals surface area contributed by atoms with Gasteiger partial charge in [-0.1, -0.05) is 19.1 Å². The zero-order valence-electron chi connectivity index (χ0n) is 13.4. The van der Waals surface area contributed by atoms with Crippen LogP contribution < -0.4 is 16.4 Å². The number of amides is 1. The van der Waals surface area contributed by atoms with Crippen molar-refractivity contribution in [3.8, 4) is 0 Å². The second-order valence-electron chi connectivity index (χ2n) is 5.07. The van der Waals surface area contributed by atoms with Crippen LogP contribution in [-0.2, 0) is 19.5 Å². The van der Waals surface area contributed by atoms with Crippen LogP contribution in [0.3, 0.4) is 0 Å². The normalized spacial score (nSPS) is 11.3. The Labute approximate surface area is 140 Å². The van der Waals surface area contributed by atoms with Crippen molar-refractivity contribution in [3.63, 3.8) is 0 Å². The number of nitrogens with one attached hydrogen (secondary N) is 2. The third-order valence-electron chi connectivity index (χ3n) is 3.39. The quantitative estimate of drug-likeness (QED) is 0.561. The Balaban J connectivity index is 1.87. The summed E-state index contributed by atoms with van der Waals surface area (Å²) < 4.78 is 0. The highest BCUT2D eigenvalue weighted by Crippen LogP contribution is 2.16. The fourth-order valence-corrected chi connectivity index (χ4v) is 3.02. The van der Waals surface area contributed by atoms with Gasteiger partial charge >= 0.3 is 0 Å². The first-order valence-corrected chi connectivity index (χ1v) is 8.35. The molecule has 0 aliphatic rings. The molecule has 0 radical (unpaired) electrons. The molecule has 2 rings (SSSR count). The molecule has 0 bridgehead atoms. The van der Waals surface area contributed by atoms with Crippen LogP contribution in [0.5, 0.6) is 0 Å². The largest absolute Gasteiger partial charge is 0.366 e. The molecule has 0 saturated heterocycles. The van der Waals surface area contributed by atoms with Crippen molar-refractivity contribution in [1.29, 1.82) is 0 Å². The van der Waals surface area contributed by atoms with Crippen molar-refractivity contribution in [2.75, 3.05) is 7.05 Å². The smallest absolute Gasteiger partial charge is 0.248 e. The minimum Gasteiger partial charge on any atom is -0.366 e. The predicted octanol–water partition coefficient (Wildman–Crippen LogP) is 2.27. The lowest BCUT2D eigenvalue weighted by Gasteiger charge is -2.11. The fraction of sp³-hybridized carbons (Fsp3) is 0.294. The van der Waals surface area contributed by atoms with Crippen molar-refractivity contribution in [1.82, 2.24) is 10.6 Å². The van der Waals surface area contributed by atoms with Gasteiger partial charge in [0.15, 0.2) is 5.96 Å². The third-order valence-corrected chi connectivity index (χ3v) is 4.62. The van der Waals surface area contributed by atoms with Crippen LogP contribution in [0.2, 0.25) is 0 Å². The van der Waals surface area contributed by atoms with Gasteiger partial charge in [-0.05, 0) is 36.2 Å². The van der Waals surface area contributed by atoms with Gasteiger partial charge in [-0.15, -0.1) is 11.3 Å². The summed E-state index contributed by atoms with van der Waals surface area (Å²) in [5, 5.41) is 6.52. The first kappa shape index (κ1) is 17.0. The molecule has 5 nitrogen and oxygen atoms in total. The molecular weight excluding hydrogens is 308 g/mol. The highest BCUT2D eigenvalue weighted by Gasteiger charge is 2.04. The highest BCUT2D eigenvalue weighted by atomic mass is 32.1. The van der Waals surface area contributed by atoms with Crippen LogP contribution in [0, 0.1) is 0 Å². The number of aliphatic imine (C=N–C) groups is 1. The van der Waals surface area contributed by atoms with Crippen molar-refractivity contribution in [2.24, 2.45) is 10.7 Å². The van der Waals surface area contributed by atoms with Crippen molar-refractivity contribution >= 4 is 23.2 Å². The molecule has 1 aromatic carbocycles. The highest BCUT2D eigenvalue weighted by molar-refractivity contribution is 7.11. The molecule has 0 saturated carbocycles. The van der Waals surface area contributed by atoms with E-state index in [2.05, 4.69) is 34.7 Å². The molecule has 0 aliphatic carbocycles. The summed E-state index contributed by atoms with van der Waals surface area (Å²) in [5.41, 5.74) is 6.79. The molecule has 2 aromatic rings. The number of nitrogens with zero attached hydrogens (tertiary/aromatic N) is 1. The average Bonchev–Trinajstić information content (AvgIpc) is 3.03. The van der Waals surface area contributed by atoms with E-state index in [0.29, 0.717) is 12.1 Å². The van der Waals surface area contributed by atoms with E-state index in [-0.39, 0.29) is 0 Å². The van der Waals surface area contributed by atoms with Crippen LogP contribution >= 0.6 is 11.3 Å². The van der Waals surface area contributed by atoms with Gasteiger partial charge in [-0.3, -0.25) is 9.79 Å². The number of carbonyl (C=O) groups is 1. The Hall–Kier alpha value is -2.34. The number of carbonyl (C=O) groups excluding carboxylic acids is 1. The summed E-state index contributed by atoms with van der Waals surface area (Å²) in [4.78, 5) is 18.1. The van der Waals surface area contributed by atoms with Gasteiger partial charge in [-0.2, -0.15) is 0 Å². The van der Waals surface area contributed by atoms with Crippen LogP contribution in [-0.4, -0.2) is 18.9 Å². The standard InChI is InChI=1S/C17H22N4OS/c1-3-14-7-8-15(23-14)11-21-17(19-2)20-10-12-5-4-6-13(9-12)16(18)22/h4-9H,3,10-11H2,1-2H3,(H2,18,22)(H2,19,20,21). The van der Waals surface area contributed by atoms with Crippen molar-refractivity contribution < 1.29 is 4.79 Å². The molecule has 0 aliphatic heterocycles. The van der Waals surface area contributed by atoms with E-state index in [4.69, 9.17) is 5.73 Å². The molecule has 4 N–H and O–H groups in total. The van der Waals surface area contributed by atoms with Gasteiger partial charge in [0, 0.05) is 28.9 Å². The van der Waals surface area contributed by atoms with Crippen LogP contribution in [0.4, 0.5) is 0 Å². The zero-order chi connectivity index (χ0) is 16.7. The molecule has 1 amide bonds. The van der Waals surface area contributed by atoms with Gasteiger partial charge in [0.05, 0.1) is 6.54 Å². The van der Waals surface area contributed by atoms with Crippen LogP contribution in [0.1, 0.15) is 32.6 Å². The monoisotopic (exact) mass is 330 g/mol. The molecule has 0 unspecified atom stereocenters. The molecule has 6 heteroatoms. The van der Waals surface area contributed by atoms with Crippen molar-refractivity contribution in [3.05, 3.63) is 57.3 Å². The van der Waals surface area contributed by atoms with Crippen LogP contribution in [0.25, 0.3) is 0 Å². The topological polar surface area (TPSA) is 79.5 Å². The summed E-state index contributed by atoms with van der Waals surface area (Å²) in [6, 6.07) is 11.6. The number of primary amides is 1. The molecule has 1 heterocycles. The predicted molar refractivity (Wildman–Crippen MR) is 95.7 cm³/mol. The molecule has 23 heavy (non-hydrogen) atoms. The molecule has 122 valence electrons. The Morgan fingerprint density at radius 2 is 1.91 bits per heavy atom. The lowest BCUT2D eigenvalue weighted by atomic mass is 10.1. The Morgan fingerprint density at radius 3 is 2.57 bits per heavy atom. The average molecular weight is 330 g/mol. The SMILES string of the molecule is CCc1ccc(CNC(=NC)NCc2cccc(C(N)=O)c2)s1.